The first kappa shape index (κ1) is 22.4. The van der Waals surface area contributed by atoms with Crippen LogP contribution in [0.5, 0.6) is 11.6 Å². The Morgan fingerprint density at radius 3 is 2.52 bits per heavy atom. The highest BCUT2D eigenvalue weighted by molar-refractivity contribution is 7.93. The van der Waals surface area contributed by atoms with Gasteiger partial charge in [0.2, 0.25) is 5.88 Å². The summed E-state index contributed by atoms with van der Waals surface area (Å²) in [7, 11) is -2.78. The molecule has 0 radical (unpaired) electrons. The summed E-state index contributed by atoms with van der Waals surface area (Å²) in [6.45, 7) is 3.82. The van der Waals surface area contributed by atoms with E-state index in [0.717, 1.165) is 22.7 Å². The summed E-state index contributed by atoms with van der Waals surface area (Å²) >= 11 is 0.993. The number of rotatable bonds is 7. The van der Waals surface area contributed by atoms with Gasteiger partial charge in [0.1, 0.15) is 21.8 Å². The minimum Gasteiger partial charge on any atom is -0.465 e. The van der Waals surface area contributed by atoms with Crippen LogP contribution >= 0.6 is 11.3 Å². The molecule has 0 saturated carbocycles. The molecule has 4 aromatic rings. The third-order valence-electron chi connectivity index (χ3n) is 4.47. The van der Waals surface area contributed by atoms with Crippen molar-refractivity contribution in [2.45, 2.75) is 18.7 Å². The Hall–Kier alpha value is -3.77. The van der Waals surface area contributed by atoms with Crippen LogP contribution in [-0.2, 0) is 14.8 Å². The van der Waals surface area contributed by atoms with Crippen LogP contribution in [0.15, 0.2) is 59.1 Å². The first-order valence-electron chi connectivity index (χ1n) is 9.59. The molecule has 0 bridgehead atoms. The topological polar surface area (TPSA) is 125 Å². The molecule has 0 saturated heterocycles. The number of hydrogen-bond donors (Lipinski definition) is 1. The van der Waals surface area contributed by atoms with E-state index in [1.54, 1.807) is 35.0 Å². The maximum atomic E-state index is 12.7. The van der Waals surface area contributed by atoms with Crippen molar-refractivity contribution >= 4 is 33.0 Å². The number of methoxy groups -OCH3 is 1. The van der Waals surface area contributed by atoms with Crippen LogP contribution in [0.1, 0.15) is 21.1 Å². The van der Waals surface area contributed by atoms with Crippen LogP contribution in [0.4, 0.5) is 5.69 Å². The molecule has 0 aliphatic carbocycles. The van der Waals surface area contributed by atoms with Gasteiger partial charge >= 0.3 is 5.97 Å². The highest BCUT2D eigenvalue weighted by atomic mass is 32.2. The number of anilines is 1. The zero-order valence-electron chi connectivity index (χ0n) is 17.8. The lowest BCUT2D eigenvalue weighted by Crippen LogP contribution is -2.15. The SMILES string of the molecule is COC(=O)c1sccc1S(=O)(=O)Nc1ccc(Oc2cc(-n3nc(C)cc3C)ncn2)cc1. The summed E-state index contributed by atoms with van der Waals surface area (Å²) in [5.41, 5.74) is 2.10. The van der Waals surface area contributed by atoms with Gasteiger partial charge in [-0.05, 0) is 55.6 Å². The zero-order chi connectivity index (χ0) is 23.6. The molecular formula is C21H19N5O5S2. The van der Waals surface area contributed by atoms with Crippen molar-refractivity contribution in [3.63, 3.8) is 0 Å². The van der Waals surface area contributed by atoms with Gasteiger partial charge in [0.15, 0.2) is 5.82 Å². The average Bonchev–Trinajstić information content (AvgIpc) is 3.41. The smallest absolute Gasteiger partial charge is 0.349 e. The zero-order valence-corrected chi connectivity index (χ0v) is 19.5. The maximum absolute atomic E-state index is 12.7. The van der Waals surface area contributed by atoms with E-state index in [1.807, 2.05) is 19.9 Å². The molecule has 170 valence electrons. The van der Waals surface area contributed by atoms with E-state index in [9.17, 15) is 13.2 Å². The molecule has 33 heavy (non-hydrogen) atoms. The number of carbonyl (C=O) groups is 1. The third-order valence-corrected chi connectivity index (χ3v) is 6.92. The summed E-state index contributed by atoms with van der Waals surface area (Å²) in [5.74, 6) is 0.606. The number of ether oxygens (including phenoxy) is 2. The molecule has 3 aromatic heterocycles. The second kappa shape index (κ2) is 9.00. The molecule has 0 spiro atoms. The molecule has 1 aromatic carbocycles. The Balaban J connectivity index is 1.49. The molecule has 0 aliphatic rings. The number of aryl methyl sites for hydroxylation is 2. The largest absolute Gasteiger partial charge is 0.465 e. The number of nitrogens with zero attached hydrogens (tertiary/aromatic N) is 4. The Kier molecular flexibility index (Phi) is 6.11. The number of benzene rings is 1. The number of thiophene rings is 1. The first-order chi connectivity index (χ1) is 15.8. The van der Waals surface area contributed by atoms with Crippen molar-refractivity contribution in [1.29, 1.82) is 0 Å². The predicted molar refractivity (Wildman–Crippen MR) is 122 cm³/mol. The van der Waals surface area contributed by atoms with Crippen LogP contribution in [0, 0.1) is 13.8 Å². The Labute approximate surface area is 193 Å². The van der Waals surface area contributed by atoms with E-state index in [2.05, 4.69) is 24.5 Å². The fourth-order valence-electron chi connectivity index (χ4n) is 3.03. The molecule has 0 unspecified atom stereocenters. The lowest BCUT2D eigenvalue weighted by molar-refractivity contribution is 0.0602. The van der Waals surface area contributed by atoms with E-state index >= 15 is 0 Å². The van der Waals surface area contributed by atoms with E-state index in [1.165, 1.54) is 24.9 Å². The fourth-order valence-corrected chi connectivity index (χ4v) is 5.43. The van der Waals surface area contributed by atoms with E-state index in [4.69, 9.17) is 4.74 Å². The number of nitrogens with one attached hydrogen (secondary N) is 1. The van der Waals surface area contributed by atoms with E-state index < -0.39 is 16.0 Å². The van der Waals surface area contributed by atoms with Gasteiger partial charge in [0.25, 0.3) is 10.0 Å². The normalized spacial score (nSPS) is 11.2. The maximum Gasteiger partial charge on any atom is 0.349 e. The molecular weight excluding hydrogens is 466 g/mol. The van der Waals surface area contributed by atoms with Gasteiger partial charge in [-0.3, -0.25) is 4.72 Å². The first-order valence-corrected chi connectivity index (χ1v) is 12.0. The van der Waals surface area contributed by atoms with Gasteiger partial charge in [-0.1, -0.05) is 0 Å². The van der Waals surface area contributed by atoms with Crippen LogP contribution in [0.25, 0.3) is 5.82 Å². The Morgan fingerprint density at radius 2 is 1.85 bits per heavy atom. The minimum atomic E-state index is -3.98. The van der Waals surface area contributed by atoms with Crippen molar-refractivity contribution in [2.24, 2.45) is 0 Å². The molecule has 10 nitrogen and oxygen atoms in total. The second-order valence-electron chi connectivity index (χ2n) is 6.89. The highest BCUT2D eigenvalue weighted by Crippen LogP contribution is 2.27. The molecule has 12 heteroatoms. The van der Waals surface area contributed by atoms with Crippen molar-refractivity contribution < 1.29 is 22.7 Å². The predicted octanol–water partition coefficient (Wildman–Crippen LogP) is 3.72. The third kappa shape index (κ3) is 4.86. The van der Waals surface area contributed by atoms with E-state index in [0.29, 0.717) is 23.1 Å². The minimum absolute atomic E-state index is 0.00660. The van der Waals surface area contributed by atoms with Crippen LogP contribution in [0.2, 0.25) is 0 Å². The summed E-state index contributed by atoms with van der Waals surface area (Å²) in [5, 5.41) is 5.91. The van der Waals surface area contributed by atoms with Crippen molar-refractivity contribution in [2.75, 3.05) is 11.8 Å². The summed E-state index contributed by atoms with van der Waals surface area (Å²) < 4.78 is 40.0. The molecule has 4 rings (SSSR count). The standard InChI is InChI=1S/C21H19N5O5S2/c1-13-10-14(2)26(24-13)18-11-19(23-12-22-18)31-16-6-4-15(5-7-16)25-33(28,29)17-8-9-32-20(17)21(27)30-3/h4-12,25H,1-3H3. The van der Waals surface area contributed by atoms with Gasteiger partial charge in [0.05, 0.1) is 12.8 Å². The second-order valence-corrected chi connectivity index (χ2v) is 9.46. The molecule has 0 aliphatic heterocycles. The molecule has 0 fully saturated rings. The highest BCUT2D eigenvalue weighted by Gasteiger charge is 2.24. The van der Waals surface area contributed by atoms with Crippen molar-refractivity contribution in [3.8, 4) is 17.4 Å². The molecule has 0 amide bonds. The number of aromatic nitrogens is 4. The van der Waals surface area contributed by atoms with Gasteiger partial charge in [-0.15, -0.1) is 11.3 Å². The number of carbonyl (C=O) groups excluding carboxylic acids is 1. The number of hydrogen-bond acceptors (Lipinski definition) is 9. The Morgan fingerprint density at radius 1 is 1.09 bits per heavy atom. The molecule has 0 atom stereocenters. The van der Waals surface area contributed by atoms with Gasteiger partial charge in [-0.2, -0.15) is 5.10 Å². The van der Waals surface area contributed by atoms with Gasteiger partial charge in [0, 0.05) is 17.4 Å². The lowest BCUT2D eigenvalue weighted by Gasteiger charge is -2.10. The van der Waals surface area contributed by atoms with Crippen LogP contribution in [-0.4, -0.2) is 41.2 Å². The summed E-state index contributed by atoms with van der Waals surface area (Å²) in [6.07, 6.45) is 1.38. The Bertz CT molecular complexity index is 1410. The van der Waals surface area contributed by atoms with Gasteiger partial charge in [-0.25, -0.2) is 27.9 Å². The molecule has 3 heterocycles. The average molecular weight is 486 g/mol. The van der Waals surface area contributed by atoms with Gasteiger partial charge < -0.3 is 9.47 Å². The fraction of sp³-hybridized carbons (Fsp3) is 0.143. The van der Waals surface area contributed by atoms with Crippen molar-refractivity contribution in [1.82, 2.24) is 19.7 Å². The van der Waals surface area contributed by atoms with Crippen LogP contribution in [0.3, 0.4) is 0 Å². The van der Waals surface area contributed by atoms with Crippen molar-refractivity contribution in [3.05, 3.63) is 70.4 Å². The monoisotopic (exact) mass is 485 g/mol. The summed E-state index contributed by atoms with van der Waals surface area (Å²) in [6, 6.07) is 11.2. The van der Waals surface area contributed by atoms with Crippen LogP contribution < -0.4 is 9.46 Å². The summed E-state index contributed by atoms with van der Waals surface area (Å²) in [4.78, 5) is 20.0. The lowest BCUT2D eigenvalue weighted by atomic mass is 10.3. The number of sulfonamides is 1. The van der Waals surface area contributed by atoms with E-state index in [-0.39, 0.29) is 9.77 Å². The quantitative estimate of drug-likeness (QED) is 0.393. The number of esters is 1. The molecule has 1 N–H and O–H groups in total.